The smallest absolute Gasteiger partial charge is 0.0710 e. The number of nitrogens with two attached hydrogens (primary N) is 1. The van der Waals surface area contributed by atoms with Crippen LogP contribution in [0, 0.1) is 5.92 Å². The second-order valence-electron chi connectivity index (χ2n) is 4.61. The molecule has 1 atom stereocenters. The third-order valence-corrected chi connectivity index (χ3v) is 3.53. The highest BCUT2D eigenvalue weighted by Gasteiger charge is 2.22. The van der Waals surface area contributed by atoms with Gasteiger partial charge in [0.05, 0.1) is 12.7 Å². The lowest BCUT2D eigenvalue weighted by atomic mass is 9.85. The zero-order chi connectivity index (χ0) is 9.80. The van der Waals surface area contributed by atoms with E-state index < -0.39 is 0 Å². The Kier molecular flexibility index (Phi) is 3.79. The predicted octanol–water partition coefficient (Wildman–Crippen LogP) is 0.836. The lowest BCUT2D eigenvalue weighted by Crippen LogP contribution is -2.34. The first-order valence-corrected chi connectivity index (χ1v) is 5.92. The highest BCUT2D eigenvalue weighted by Crippen LogP contribution is 2.27. The van der Waals surface area contributed by atoms with E-state index in [0.29, 0.717) is 12.6 Å². The van der Waals surface area contributed by atoms with Gasteiger partial charge in [0.1, 0.15) is 0 Å². The van der Waals surface area contributed by atoms with Crippen molar-refractivity contribution in [3.05, 3.63) is 0 Å². The van der Waals surface area contributed by atoms with Gasteiger partial charge in [-0.05, 0) is 25.2 Å². The van der Waals surface area contributed by atoms with Crippen molar-refractivity contribution in [1.82, 2.24) is 4.90 Å². The monoisotopic (exact) mass is 198 g/mol. The van der Waals surface area contributed by atoms with Crippen LogP contribution in [0.2, 0.25) is 0 Å². The first-order valence-electron chi connectivity index (χ1n) is 5.92. The van der Waals surface area contributed by atoms with Crippen LogP contribution in [0.3, 0.4) is 0 Å². The largest absolute Gasteiger partial charge is 0.376 e. The molecule has 2 N–H and O–H groups in total. The maximum Gasteiger partial charge on any atom is 0.0710 e. The van der Waals surface area contributed by atoms with Gasteiger partial charge < -0.3 is 15.4 Å². The predicted molar refractivity (Wildman–Crippen MR) is 57.2 cm³/mol. The van der Waals surface area contributed by atoms with E-state index in [-0.39, 0.29) is 0 Å². The topological polar surface area (TPSA) is 38.5 Å². The van der Waals surface area contributed by atoms with E-state index >= 15 is 0 Å². The average Bonchev–Trinajstić information content (AvgIpc) is 2.36. The van der Waals surface area contributed by atoms with Crippen molar-refractivity contribution in [2.45, 2.75) is 31.8 Å². The van der Waals surface area contributed by atoms with Gasteiger partial charge in [0.25, 0.3) is 0 Å². The fraction of sp³-hybridized carbons (Fsp3) is 1.00. The Morgan fingerprint density at radius 3 is 2.71 bits per heavy atom. The Hall–Kier alpha value is -0.120. The van der Waals surface area contributed by atoms with Crippen molar-refractivity contribution in [3.63, 3.8) is 0 Å². The van der Waals surface area contributed by atoms with E-state index in [1.165, 1.54) is 32.4 Å². The number of hydrogen-bond acceptors (Lipinski definition) is 3. The zero-order valence-corrected chi connectivity index (χ0v) is 8.95. The highest BCUT2D eigenvalue weighted by molar-refractivity contribution is 4.76. The Morgan fingerprint density at radius 2 is 2.07 bits per heavy atom. The number of ether oxygens (including phenoxy) is 1. The summed E-state index contributed by atoms with van der Waals surface area (Å²) in [6.45, 7) is 5.12. The molecule has 0 radical (unpaired) electrons. The minimum atomic E-state index is 0.307. The molecule has 2 rings (SSSR count). The summed E-state index contributed by atoms with van der Waals surface area (Å²) in [6, 6.07) is 0. The van der Waals surface area contributed by atoms with E-state index in [9.17, 15) is 0 Å². The molecule has 3 nitrogen and oxygen atoms in total. The summed E-state index contributed by atoms with van der Waals surface area (Å²) < 4.78 is 5.65. The van der Waals surface area contributed by atoms with Crippen molar-refractivity contribution in [3.8, 4) is 0 Å². The van der Waals surface area contributed by atoms with Crippen LogP contribution < -0.4 is 5.73 Å². The molecule has 1 aliphatic carbocycles. The molecule has 1 aliphatic heterocycles. The summed E-state index contributed by atoms with van der Waals surface area (Å²) in [5.74, 6) is 0.976. The maximum absolute atomic E-state index is 5.65. The molecule has 3 heteroatoms. The molecule has 0 aromatic rings. The molecule has 1 heterocycles. The van der Waals surface area contributed by atoms with Gasteiger partial charge in [-0.1, -0.05) is 6.42 Å². The van der Waals surface area contributed by atoms with E-state index in [1.54, 1.807) is 0 Å². The quantitative estimate of drug-likeness (QED) is 0.730. The minimum Gasteiger partial charge on any atom is -0.376 e. The number of rotatable bonds is 3. The van der Waals surface area contributed by atoms with Crippen LogP contribution >= 0.6 is 0 Å². The van der Waals surface area contributed by atoms with Gasteiger partial charge in [-0.15, -0.1) is 0 Å². The van der Waals surface area contributed by atoms with Gasteiger partial charge >= 0.3 is 0 Å². The van der Waals surface area contributed by atoms with E-state index in [1.807, 2.05) is 0 Å². The van der Waals surface area contributed by atoms with E-state index in [2.05, 4.69) is 4.90 Å². The van der Waals surface area contributed by atoms with Crippen LogP contribution in [0.1, 0.15) is 25.7 Å². The zero-order valence-electron chi connectivity index (χ0n) is 8.95. The van der Waals surface area contributed by atoms with Gasteiger partial charge in [0, 0.05) is 26.2 Å². The maximum atomic E-state index is 5.65. The Labute approximate surface area is 86.6 Å². The Balaban J connectivity index is 1.71. The number of nitrogens with zero attached hydrogens (tertiary/aromatic N) is 1. The molecule has 0 aromatic carbocycles. The number of hydrogen-bond donors (Lipinski definition) is 1. The van der Waals surface area contributed by atoms with Crippen molar-refractivity contribution >= 4 is 0 Å². The molecule has 82 valence electrons. The summed E-state index contributed by atoms with van der Waals surface area (Å²) in [4.78, 5) is 2.56. The first-order chi connectivity index (χ1) is 6.88. The van der Waals surface area contributed by atoms with Gasteiger partial charge in [0.15, 0.2) is 0 Å². The molecule has 0 amide bonds. The van der Waals surface area contributed by atoms with Crippen LogP contribution in [0.4, 0.5) is 0 Å². The molecule has 1 unspecified atom stereocenters. The van der Waals surface area contributed by atoms with Crippen molar-refractivity contribution in [2.24, 2.45) is 11.7 Å². The standard InChI is InChI=1S/C11H22N2O/c12-8-11-4-5-13(6-7-14-11)9-10-2-1-3-10/h10-11H,1-9,12H2. The molecule has 2 aliphatic rings. The summed E-state index contributed by atoms with van der Waals surface area (Å²) >= 11 is 0. The van der Waals surface area contributed by atoms with Gasteiger partial charge in [-0.3, -0.25) is 0 Å². The SMILES string of the molecule is NCC1CCN(CC2CCC2)CCO1. The van der Waals surface area contributed by atoms with Gasteiger partial charge in [0.2, 0.25) is 0 Å². The van der Waals surface area contributed by atoms with Crippen LogP contribution in [0.25, 0.3) is 0 Å². The molecule has 14 heavy (non-hydrogen) atoms. The Bertz CT molecular complexity index is 171. The summed E-state index contributed by atoms with van der Waals surface area (Å²) in [6.07, 6.45) is 5.75. The molecule has 1 saturated carbocycles. The van der Waals surface area contributed by atoms with Crippen LogP contribution in [0.5, 0.6) is 0 Å². The summed E-state index contributed by atoms with van der Waals surface area (Å²) in [5.41, 5.74) is 5.61. The lowest BCUT2D eigenvalue weighted by molar-refractivity contribution is 0.0668. The second-order valence-corrected chi connectivity index (χ2v) is 4.61. The molecule has 0 bridgehead atoms. The molecule has 0 spiro atoms. The average molecular weight is 198 g/mol. The van der Waals surface area contributed by atoms with Crippen LogP contribution in [-0.4, -0.2) is 43.8 Å². The normalized spacial score (nSPS) is 31.1. The molecule has 0 aromatic heterocycles. The van der Waals surface area contributed by atoms with Crippen LogP contribution in [0.15, 0.2) is 0 Å². The van der Waals surface area contributed by atoms with Crippen molar-refractivity contribution in [2.75, 3.05) is 32.8 Å². The third-order valence-electron chi connectivity index (χ3n) is 3.53. The molecule has 2 fully saturated rings. The fourth-order valence-electron chi connectivity index (χ4n) is 2.28. The fourth-order valence-corrected chi connectivity index (χ4v) is 2.28. The van der Waals surface area contributed by atoms with Gasteiger partial charge in [-0.25, -0.2) is 0 Å². The second kappa shape index (κ2) is 5.10. The van der Waals surface area contributed by atoms with Gasteiger partial charge in [-0.2, -0.15) is 0 Å². The minimum absolute atomic E-state index is 0.307. The molecular formula is C11H22N2O. The third kappa shape index (κ3) is 2.69. The summed E-state index contributed by atoms with van der Waals surface area (Å²) in [7, 11) is 0. The molecule has 1 saturated heterocycles. The highest BCUT2D eigenvalue weighted by atomic mass is 16.5. The van der Waals surface area contributed by atoms with Crippen LogP contribution in [-0.2, 0) is 4.74 Å². The Morgan fingerprint density at radius 1 is 1.21 bits per heavy atom. The summed E-state index contributed by atoms with van der Waals surface area (Å²) in [5, 5.41) is 0. The van der Waals surface area contributed by atoms with E-state index in [4.69, 9.17) is 10.5 Å². The lowest BCUT2D eigenvalue weighted by Gasteiger charge is -2.31. The van der Waals surface area contributed by atoms with Crippen molar-refractivity contribution in [1.29, 1.82) is 0 Å². The first kappa shape index (κ1) is 10.4. The van der Waals surface area contributed by atoms with E-state index in [0.717, 1.165) is 25.5 Å². The van der Waals surface area contributed by atoms with Crippen molar-refractivity contribution < 1.29 is 4.74 Å². The molecular weight excluding hydrogens is 176 g/mol.